The fourth-order valence-corrected chi connectivity index (χ4v) is 12.9. The van der Waals surface area contributed by atoms with Gasteiger partial charge >= 0.3 is 33.6 Å². The normalized spacial score (nSPS) is 13.9. The average Bonchev–Trinajstić information content (AvgIpc) is 1.22. The highest BCUT2D eigenvalue weighted by Crippen LogP contribution is 2.43. The summed E-state index contributed by atoms with van der Waals surface area (Å²) < 4.78 is 58.2. The predicted octanol–water partition coefficient (Wildman–Crippen LogP) is 16.4. The third kappa shape index (κ3) is 64.4. The fourth-order valence-electron chi connectivity index (χ4n) is 11.4. The molecule has 23 nitrogen and oxygen atoms in total. The molecule has 25 heteroatoms. The van der Waals surface area contributed by atoms with Crippen LogP contribution in [0.3, 0.4) is 0 Å². The molecule has 0 bridgehead atoms. The summed E-state index contributed by atoms with van der Waals surface area (Å²) in [5.74, 6) is -2.31. The minimum absolute atomic E-state index is 0.0854. The van der Waals surface area contributed by atoms with Crippen LogP contribution in [0.25, 0.3) is 0 Å². The Morgan fingerprint density at radius 1 is 0.347 bits per heavy atom. The lowest BCUT2D eigenvalue weighted by atomic mass is 10.0. The Labute approximate surface area is 593 Å². The lowest BCUT2D eigenvalue weighted by Crippen LogP contribution is -2.46. The lowest BCUT2D eigenvalue weighted by molar-refractivity contribution is -0.151. The van der Waals surface area contributed by atoms with Gasteiger partial charge in [-0.1, -0.05) is 266 Å². The van der Waals surface area contributed by atoms with E-state index < -0.39 is 90.2 Å². The fraction of sp³-hybridized carbons (Fsp3) is 0.904. The zero-order valence-corrected chi connectivity index (χ0v) is 64.1. The Morgan fingerprint density at radius 3 is 0.949 bits per heavy atom. The molecule has 576 valence electrons. The Hall–Kier alpha value is -3.69. The number of ether oxygens (including phenoxy) is 2. The number of esters is 2. The number of nitrogens with one attached hydrogen (secondary N) is 6. The topological polar surface area (TPSA) is 322 Å². The smallest absolute Gasteiger partial charge is 0.462 e. The van der Waals surface area contributed by atoms with Crippen molar-refractivity contribution in [2.75, 3.05) is 52.6 Å². The molecule has 0 aromatic carbocycles. The zero-order chi connectivity index (χ0) is 72.4. The summed E-state index contributed by atoms with van der Waals surface area (Å²) in [7, 11) is -9.55. The zero-order valence-electron chi connectivity index (χ0n) is 62.3. The molecule has 2 unspecified atom stereocenters. The van der Waals surface area contributed by atoms with Crippen LogP contribution in [0, 0.1) is 0 Å². The second-order valence-corrected chi connectivity index (χ2v) is 29.7. The standard InChI is InChI=1S/C73H142N6O17P2/c1-7-12-17-22-25-28-30-33-35-40-45-50-68(81)78-64(59-76-70(83)57-66(95-63(6)80)48-43-38-20-15-10-4)61-93-97(87,88)91-55-53-74-73(86)75-54-56-92-98(89,90)94-62-65(79-69(82)51-46-41-36-34-31-29-26-23-18-13-8-2)60-77-71(84)58-67(49-44-39-21-16-11-5)96-72(85)52-47-42-37-32-27-24-19-14-9-3/h64-67H,7-62H2,1-6H3,(H,76,83)(H,77,84)(H,78,81)(H,79,82)(H,87,88)(H,89,90)(H2,74,75,86)/t64-,65-,66-,67-/m1/s1. The molecule has 0 radical (unpaired) electrons. The van der Waals surface area contributed by atoms with E-state index in [2.05, 4.69) is 66.5 Å². The van der Waals surface area contributed by atoms with Crippen molar-refractivity contribution in [3.8, 4) is 0 Å². The molecule has 6 atom stereocenters. The number of phosphoric ester groups is 2. The summed E-state index contributed by atoms with van der Waals surface area (Å²) in [5.41, 5.74) is 0. The lowest BCUT2D eigenvalue weighted by Gasteiger charge is -2.22. The van der Waals surface area contributed by atoms with Crippen LogP contribution in [0.4, 0.5) is 4.79 Å². The van der Waals surface area contributed by atoms with Crippen molar-refractivity contribution < 1.29 is 80.0 Å². The van der Waals surface area contributed by atoms with Crippen LogP contribution >= 0.6 is 15.6 Å². The first-order valence-electron chi connectivity index (χ1n) is 39.0. The highest BCUT2D eigenvalue weighted by atomic mass is 31.2. The second kappa shape index (κ2) is 66.5. The number of phosphoric acid groups is 2. The molecule has 6 amide bonds. The van der Waals surface area contributed by atoms with Gasteiger partial charge in [0.05, 0.1) is 51.4 Å². The maximum absolute atomic E-state index is 13.5. The molecule has 0 aliphatic carbocycles. The first kappa shape index (κ1) is 94.3. The Morgan fingerprint density at radius 2 is 0.633 bits per heavy atom. The SMILES string of the molecule is CCCCCCCCCCCCCC(=O)N[C@H](CNC(=O)C[C@@H](CCCCCCC)OC(C)=O)COP(=O)(O)OCCNC(=O)NCCOP(=O)(O)OC[C@@H](CNC(=O)C[C@@H](CCCCCCC)OC(=O)CCCCCCCCCCC)NC(=O)CCCCCCCCCCCCC. The molecule has 0 fully saturated rings. The van der Waals surface area contributed by atoms with Gasteiger partial charge in [0.25, 0.3) is 0 Å². The third-order valence-electron chi connectivity index (χ3n) is 17.2. The van der Waals surface area contributed by atoms with Gasteiger partial charge < -0.3 is 51.2 Å². The summed E-state index contributed by atoms with van der Waals surface area (Å²) in [6, 6.07) is -2.64. The van der Waals surface area contributed by atoms with Crippen LogP contribution in [0.2, 0.25) is 0 Å². The Kier molecular flexibility index (Phi) is 64.0. The van der Waals surface area contributed by atoms with Crippen molar-refractivity contribution in [1.29, 1.82) is 0 Å². The van der Waals surface area contributed by atoms with Crippen LogP contribution in [-0.4, -0.2) is 128 Å². The molecule has 0 aliphatic rings. The summed E-state index contributed by atoms with van der Waals surface area (Å²) >= 11 is 0. The molecule has 0 aromatic heterocycles. The van der Waals surface area contributed by atoms with E-state index in [1.807, 2.05) is 0 Å². The second-order valence-electron chi connectivity index (χ2n) is 26.8. The average molecular weight is 1440 g/mol. The largest absolute Gasteiger partial charge is 0.472 e. The number of carbonyl (C=O) groups excluding carboxylic acids is 7. The van der Waals surface area contributed by atoms with Crippen LogP contribution in [0.5, 0.6) is 0 Å². The highest BCUT2D eigenvalue weighted by molar-refractivity contribution is 7.47. The molecule has 0 heterocycles. The summed E-state index contributed by atoms with van der Waals surface area (Å²) in [5, 5.41) is 16.1. The van der Waals surface area contributed by atoms with Gasteiger partial charge in [0.15, 0.2) is 0 Å². The third-order valence-corrected chi connectivity index (χ3v) is 19.2. The molecular weight excluding hydrogens is 1290 g/mol. The van der Waals surface area contributed by atoms with Gasteiger partial charge in [-0.15, -0.1) is 0 Å². The minimum Gasteiger partial charge on any atom is -0.462 e. The molecule has 0 saturated carbocycles. The van der Waals surface area contributed by atoms with E-state index in [9.17, 15) is 52.5 Å². The van der Waals surface area contributed by atoms with E-state index in [0.29, 0.717) is 25.7 Å². The van der Waals surface area contributed by atoms with E-state index in [1.54, 1.807) is 0 Å². The maximum Gasteiger partial charge on any atom is 0.472 e. The molecule has 8 N–H and O–H groups in total. The molecule has 0 aliphatic heterocycles. The number of hydrogen-bond donors (Lipinski definition) is 8. The number of amides is 6. The van der Waals surface area contributed by atoms with Crippen molar-refractivity contribution >= 4 is 57.2 Å². The van der Waals surface area contributed by atoms with Gasteiger partial charge in [0.2, 0.25) is 23.6 Å². The van der Waals surface area contributed by atoms with Gasteiger partial charge in [0.1, 0.15) is 12.2 Å². The molecule has 0 aromatic rings. The molecule has 0 rings (SSSR count). The quantitative estimate of drug-likeness (QED) is 0.0159. The molecule has 0 saturated heterocycles. The van der Waals surface area contributed by atoms with Gasteiger partial charge in [-0.3, -0.25) is 46.9 Å². The number of hydrogen-bond acceptors (Lipinski definition) is 15. The van der Waals surface area contributed by atoms with Gasteiger partial charge in [-0.25, -0.2) is 13.9 Å². The van der Waals surface area contributed by atoms with Gasteiger partial charge in [-0.05, 0) is 44.9 Å². The van der Waals surface area contributed by atoms with E-state index in [4.69, 9.17) is 27.6 Å². The van der Waals surface area contributed by atoms with E-state index in [-0.39, 0.29) is 76.1 Å². The number of carbonyl (C=O) groups is 7. The predicted molar refractivity (Wildman–Crippen MR) is 390 cm³/mol. The number of rotatable bonds is 72. The van der Waals surface area contributed by atoms with E-state index in [1.165, 1.54) is 116 Å². The Balaban J connectivity index is 5.52. The van der Waals surface area contributed by atoms with Crippen LogP contribution in [-0.2, 0) is 65.5 Å². The van der Waals surface area contributed by atoms with Crippen LogP contribution in [0.15, 0.2) is 0 Å². The van der Waals surface area contributed by atoms with Gasteiger partial charge in [0, 0.05) is 52.4 Å². The molecule has 0 spiro atoms. The van der Waals surface area contributed by atoms with E-state index >= 15 is 0 Å². The van der Waals surface area contributed by atoms with Crippen molar-refractivity contribution in [2.45, 2.75) is 374 Å². The first-order chi connectivity index (χ1) is 47.3. The molecular formula is C73H142N6O17P2. The number of urea groups is 1. The highest BCUT2D eigenvalue weighted by Gasteiger charge is 2.28. The monoisotopic (exact) mass is 1440 g/mol. The summed E-state index contributed by atoms with van der Waals surface area (Å²) in [6.45, 7) is 9.32. The van der Waals surface area contributed by atoms with Crippen molar-refractivity contribution in [3.63, 3.8) is 0 Å². The summed E-state index contributed by atoms with van der Waals surface area (Å²) in [6.07, 6.45) is 44.7. The minimum atomic E-state index is -4.78. The maximum atomic E-state index is 13.5. The first-order valence-corrected chi connectivity index (χ1v) is 42.0. The summed E-state index contributed by atoms with van der Waals surface area (Å²) in [4.78, 5) is 112. The van der Waals surface area contributed by atoms with Crippen molar-refractivity contribution in [2.24, 2.45) is 0 Å². The molecule has 98 heavy (non-hydrogen) atoms. The Bertz CT molecular complexity index is 2100. The van der Waals surface area contributed by atoms with Crippen LogP contribution in [0.1, 0.15) is 350 Å². The van der Waals surface area contributed by atoms with Crippen LogP contribution < -0.4 is 31.9 Å². The van der Waals surface area contributed by atoms with Gasteiger partial charge in [-0.2, -0.15) is 0 Å². The van der Waals surface area contributed by atoms with Crippen molar-refractivity contribution in [1.82, 2.24) is 31.9 Å². The number of unbranched alkanes of at least 4 members (excludes halogenated alkanes) is 36. The van der Waals surface area contributed by atoms with E-state index in [0.717, 1.165) is 141 Å². The van der Waals surface area contributed by atoms with Crippen molar-refractivity contribution in [3.05, 3.63) is 0 Å².